The molecule has 6 nitrogen and oxygen atoms in total. The topological polar surface area (TPSA) is 78.7 Å². The van der Waals surface area contributed by atoms with E-state index in [0.717, 1.165) is 0 Å². The van der Waals surface area contributed by atoms with E-state index in [0.29, 0.717) is 9.92 Å². The van der Waals surface area contributed by atoms with Crippen molar-refractivity contribution in [1.29, 1.82) is 0 Å². The molecule has 0 aliphatic rings. The number of carbonyl (C=O) groups excluding carboxylic acids is 1. The summed E-state index contributed by atoms with van der Waals surface area (Å²) in [6.07, 6.45) is 0. The summed E-state index contributed by atoms with van der Waals surface area (Å²) < 4.78 is 4.73. The van der Waals surface area contributed by atoms with Crippen LogP contribution < -0.4 is 0 Å². The molecule has 92 valence electrons. The summed E-state index contributed by atoms with van der Waals surface area (Å²) in [7, 11) is 0. The van der Waals surface area contributed by atoms with E-state index in [-0.39, 0.29) is 18.8 Å². The van der Waals surface area contributed by atoms with Crippen molar-refractivity contribution >= 4 is 30.2 Å². The fraction of sp³-hybridized carbons (Fsp3) is 0.222. The highest BCUT2D eigenvalue weighted by Crippen LogP contribution is 2.21. The first-order chi connectivity index (χ1) is 8.00. The van der Waals surface area contributed by atoms with Gasteiger partial charge in [-0.25, -0.2) is 4.79 Å². The smallest absolute Gasteiger partial charge is 0.338 e. The third-order valence-electron chi connectivity index (χ3n) is 1.70. The van der Waals surface area contributed by atoms with E-state index in [9.17, 15) is 14.9 Å². The molecule has 0 atom stereocenters. The third-order valence-corrected chi connectivity index (χ3v) is 2.53. The van der Waals surface area contributed by atoms with Crippen LogP contribution in [0.3, 0.4) is 0 Å². The Morgan fingerprint density at radius 1 is 1.47 bits per heavy atom. The van der Waals surface area contributed by atoms with Crippen molar-refractivity contribution < 1.29 is 19.5 Å². The molecule has 0 saturated heterocycles. The zero-order valence-corrected chi connectivity index (χ0v) is 10.1. The number of halogens is 1. The van der Waals surface area contributed by atoms with Crippen LogP contribution in [-0.2, 0) is 9.57 Å². The number of esters is 1. The van der Waals surface area contributed by atoms with E-state index >= 15 is 0 Å². The SMILES string of the molecule is O=C(OCCO[N+](=O)[O-])c1ccc(Cl)c(S)c1. The molecule has 0 radical (unpaired) electrons. The van der Waals surface area contributed by atoms with E-state index in [1.54, 1.807) is 0 Å². The third kappa shape index (κ3) is 4.49. The second-order valence-corrected chi connectivity index (χ2v) is 3.75. The number of nitrogens with zero attached hydrogens (tertiary/aromatic N) is 1. The van der Waals surface area contributed by atoms with Crippen molar-refractivity contribution in [3.8, 4) is 0 Å². The number of hydrogen-bond donors (Lipinski definition) is 1. The largest absolute Gasteiger partial charge is 0.460 e. The molecule has 1 aromatic rings. The first-order valence-corrected chi connectivity index (χ1v) is 5.26. The number of carbonyl (C=O) groups is 1. The second-order valence-electron chi connectivity index (χ2n) is 2.86. The lowest BCUT2D eigenvalue weighted by atomic mass is 10.2. The molecule has 1 aromatic carbocycles. The molecule has 0 spiro atoms. The van der Waals surface area contributed by atoms with Gasteiger partial charge in [0.2, 0.25) is 0 Å². The molecule has 8 heteroatoms. The molecule has 0 bridgehead atoms. The number of thiol groups is 1. The molecule has 0 fully saturated rings. The maximum absolute atomic E-state index is 11.4. The summed E-state index contributed by atoms with van der Waals surface area (Å²) in [5.74, 6) is -0.621. The van der Waals surface area contributed by atoms with Crippen molar-refractivity contribution in [3.05, 3.63) is 38.9 Å². The molecule has 0 amide bonds. The number of ether oxygens (including phenoxy) is 1. The summed E-state index contributed by atoms with van der Waals surface area (Å²) in [6, 6.07) is 4.43. The predicted octanol–water partition coefficient (Wildman–Crippen LogP) is 1.99. The molecule has 0 aromatic heterocycles. The molecule has 1 rings (SSSR count). The van der Waals surface area contributed by atoms with Gasteiger partial charge in [-0.15, -0.1) is 22.7 Å². The van der Waals surface area contributed by atoms with E-state index in [1.807, 2.05) is 0 Å². The Hall–Kier alpha value is -1.47. The van der Waals surface area contributed by atoms with Crippen LogP contribution >= 0.6 is 24.2 Å². The molecular weight excluding hydrogens is 270 g/mol. The van der Waals surface area contributed by atoms with Crippen molar-refractivity contribution in [1.82, 2.24) is 0 Å². The maximum Gasteiger partial charge on any atom is 0.338 e. The minimum Gasteiger partial charge on any atom is -0.460 e. The van der Waals surface area contributed by atoms with Gasteiger partial charge in [-0.2, -0.15) is 0 Å². The maximum atomic E-state index is 11.4. The number of benzene rings is 1. The van der Waals surface area contributed by atoms with Crippen LogP contribution in [0, 0.1) is 10.1 Å². The minimum absolute atomic E-state index is 0.204. The van der Waals surface area contributed by atoms with Crippen LogP contribution in [0.25, 0.3) is 0 Å². The Labute approximate surface area is 107 Å². The molecule has 0 saturated carbocycles. The second kappa shape index (κ2) is 6.31. The normalized spacial score (nSPS) is 9.76. The minimum atomic E-state index is -0.956. The lowest BCUT2D eigenvalue weighted by Crippen LogP contribution is -2.13. The van der Waals surface area contributed by atoms with Gasteiger partial charge in [0.05, 0.1) is 10.6 Å². The van der Waals surface area contributed by atoms with Crippen LogP contribution in [-0.4, -0.2) is 24.3 Å². The Kier molecular flexibility index (Phi) is 5.05. The lowest BCUT2D eigenvalue weighted by molar-refractivity contribution is -0.757. The van der Waals surface area contributed by atoms with E-state index in [1.165, 1.54) is 18.2 Å². The van der Waals surface area contributed by atoms with E-state index < -0.39 is 11.1 Å². The first-order valence-electron chi connectivity index (χ1n) is 4.43. The van der Waals surface area contributed by atoms with Crippen molar-refractivity contribution in [3.63, 3.8) is 0 Å². The molecular formula is C9H8ClNO5S. The van der Waals surface area contributed by atoms with Crippen molar-refractivity contribution in [2.24, 2.45) is 0 Å². The van der Waals surface area contributed by atoms with E-state index in [4.69, 9.17) is 16.3 Å². The van der Waals surface area contributed by atoms with Crippen LogP contribution in [0.4, 0.5) is 0 Å². The zero-order chi connectivity index (χ0) is 12.8. The van der Waals surface area contributed by atoms with E-state index in [2.05, 4.69) is 17.5 Å². The average Bonchev–Trinajstić information content (AvgIpc) is 2.27. The van der Waals surface area contributed by atoms with Gasteiger partial charge in [-0.3, -0.25) is 0 Å². The summed E-state index contributed by atoms with van der Waals surface area (Å²) in [5.41, 5.74) is 0.264. The van der Waals surface area contributed by atoms with Gasteiger partial charge in [0.1, 0.15) is 13.2 Å². The molecule has 0 aliphatic carbocycles. The van der Waals surface area contributed by atoms with Gasteiger partial charge in [-0.05, 0) is 18.2 Å². The fourth-order valence-corrected chi connectivity index (χ4v) is 1.30. The van der Waals surface area contributed by atoms with Crippen LogP contribution in [0.1, 0.15) is 10.4 Å². The highest BCUT2D eigenvalue weighted by atomic mass is 35.5. The van der Waals surface area contributed by atoms with Gasteiger partial charge < -0.3 is 9.57 Å². The molecule has 0 heterocycles. The Morgan fingerprint density at radius 2 is 2.18 bits per heavy atom. The monoisotopic (exact) mass is 277 g/mol. The van der Waals surface area contributed by atoms with Crippen molar-refractivity contribution in [2.45, 2.75) is 4.90 Å². The summed E-state index contributed by atoms with van der Waals surface area (Å²) in [6.45, 7) is -0.510. The summed E-state index contributed by atoms with van der Waals surface area (Å²) in [4.78, 5) is 25.7. The van der Waals surface area contributed by atoms with Gasteiger partial charge in [0, 0.05) is 4.90 Å². The predicted molar refractivity (Wildman–Crippen MR) is 61.9 cm³/mol. The van der Waals surface area contributed by atoms with Crippen LogP contribution in [0.2, 0.25) is 5.02 Å². The van der Waals surface area contributed by atoms with Crippen LogP contribution in [0.15, 0.2) is 23.1 Å². The molecule has 0 N–H and O–H groups in total. The van der Waals surface area contributed by atoms with Gasteiger partial charge in [-0.1, -0.05) is 11.6 Å². The Bertz CT molecular complexity index is 439. The quantitative estimate of drug-likeness (QED) is 0.293. The fourth-order valence-electron chi connectivity index (χ4n) is 0.969. The van der Waals surface area contributed by atoms with Gasteiger partial charge in [0.15, 0.2) is 0 Å². The Balaban J connectivity index is 2.47. The average molecular weight is 278 g/mol. The lowest BCUT2D eigenvalue weighted by Gasteiger charge is -2.05. The molecule has 0 unspecified atom stereocenters. The van der Waals surface area contributed by atoms with Crippen molar-refractivity contribution in [2.75, 3.05) is 13.2 Å². The first kappa shape index (κ1) is 13.6. The highest BCUT2D eigenvalue weighted by Gasteiger charge is 2.09. The standard InChI is InChI=1S/C9H8ClNO5S/c10-7-2-1-6(5-8(7)17)9(12)15-3-4-16-11(13)14/h1-2,5,17H,3-4H2. The zero-order valence-electron chi connectivity index (χ0n) is 8.46. The molecule has 0 aliphatic heterocycles. The summed E-state index contributed by atoms with van der Waals surface area (Å²) in [5, 5.41) is 9.28. The Morgan fingerprint density at radius 3 is 2.76 bits per heavy atom. The molecule has 17 heavy (non-hydrogen) atoms. The summed E-state index contributed by atoms with van der Waals surface area (Å²) >= 11 is 9.77. The number of hydrogen-bond acceptors (Lipinski definition) is 6. The van der Waals surface area contributed by atoms with Gasteiger partial charge in [0.25, 0.3) is 5.09 Å². The van der Waals surface area contributed by atoms with Gasteiger partial charge >= 0.3 is 5.97 Å². The van der Waals surface area contributed by atoms with Crippen LogP contribution in [0.5, 0.6) is 0 Å². The highest BCUT2D eigenvalue weighted by molar-refractivity contribution is 7.80. The number of rotatable bonds is 5.